The molecule has 3 N–H and O–H groups in total. The number of hydrogen-bond acceptors (Lipinski definition) is 7. The molecule has 0 saturated carbocycles. The van der Waals surface area contributed by atoms with Gasteiger partial charge in [-0.2, -0.15) is 5.10 Å². The van der Waals surface area contributed by atoms with Crippen molar-refractivity contribution in [3.63, 3.8) is 0 Å². The molecule has 0 amide bonds. The molecule has 0 atom stereocenters. The van der Waals surface area contributed by atoms with E-state index in [4.69, 9.17) is 10.8 Å². The van der Waals surface area contributed by atoms with Crippen LogP contribution in [0.4, 0.5) is 11.6 Å². The van der Waals surface area contributed by atoms with E-state index >= 15 is 0 Å². The Bertz CT molecular complexity index is 603. The normalized spacial score (nSPS) is 17.0. The molecule has 3 heterocycles. The summed E-state index contributed by atoms with van der Waals surface area (Å²) in [6, 6.07) is 0. The second kappa shape index (κ2) is 5.22. The van der Waals surface area contributed by atoms with Gasteiger partial charge in [0.05, 0.1) is 13.2 Å². The number of hydrogen-bond donors (Lipinski definition) is 2. The van der Waals surface area contributed by atoms with Gasteiger partial charge in [0.1, 0.15) is 17.5 Å². The summed E-state index contributed by atoms with van der Waals surface area (Å²) in [6.45, 7) is 4.20. The number of piperazine rings is 1. The van der Waals surface area contributed by atoms with E-state index in [0.29, 0.717) is 18.0 Å². The minimum absolute atomic E-state index is 0.00403. The van der Waals surface area contributed by atoms with Gasteiger partial charge in [0.2, 0.25) is 0 Å². The highest BCUT2D eigenvalue weighted by Gasteiger charge is 2.21. The van der Waals surface area contributed by atoms with Crippen molar-refractivity contribution in [3.05, 3.63) is 6.33 Å². The third-order valence-electron chi connectivity index (χ3n) is 3.65. The van der Waals surface area contributed by atoms with E-state index in [9.17, 15) is 0 Å². The minimum Gasteiger partial charge on any atom is -0.394 e. The van der Waals surface area contributed by atoms with Crippen molar-refractivity contribution in [2.24, 2.45) is 0 Å². The smallest absolute Gasteiger partial charge is 0.165 e. The fraction of sp³-hybridized carbons (Fsp3) is 0.583. The van der Waals surface area contributed by atoms with Gasteiger partial charge in [-0.05, 0) is 7.05 Å². The van der Waals surface area contributed by atoms with Crippen LogP contribution in [-0.4, -0.2) is 69.6 Å². The zero-order valence-electron chi connectivity index (χ0n) is 11.5. The number of rotatable bonds is 3. The Morgan fingerprint density at radius 2 is 2.00 bits per heavy atom. The molecular formula is C12H19N7O. The Morgan fingerprint density at radius 3 is 2.70 bits per heavy atom. The Hall–Kier alpha value is -1.93. The van der Waals surface area contributed by atoms with Crippen LogP contribution in [0.1, 0.15) is 0 Å². The molecule has 1 fully saturated rings. The standard InChI is InChI=1S/C12H19N7O/c1-17-2-4-18(5-3-17)11-9-10(13)16-19(6-7-20)12(9)15-8-14-11/h8,20H,2-7H2,1H3,(H2,13,16). The minimum atomic E-state index is 0.00403. The van der Waals surface area contributed by atoms with Crippen molar-refractivity contribution < 1.29 is 5.11 Å². The summed E-state index contributed by atoms with van der Waals surface area (Å²) in [5, 5.41) is 14.1. The van der Waals surface area contributed by atoms with E-state index in [0.717, 1.165) is 37.4 Å². The molecular weight excluding hydrogens is 258 g/mol. The first-order valence-corrected chi connectivity index (χ1v) is 6.72. The molecule has 8 heteroatoms. The summed E-state index contributed by atoms with van der Waals surface area (Å²) in [7, 11) is 2.11. The molecule has 3 rings (SSSR count). The molecule has 8 nitrogen and oxygen atoms in total. The Morgan fingerprint density at radius 1 is 1.25 bits per heavy atom. The van der Waals surface area contributed by atoms with Crippen LogP contribution in [0.3, 0.4) is 0 Å². The van der Waals surface area contributed by atoms with Crippen LogP contribution in [0.25, 0.3) is 11.0 Å². The first-order chi connectivity index (χ1) is 9.70. The number of likely N-dealkylation sites (N-methyl/N-ethyl adjacent to an activating group) is 1. The molecule has 2 aromatic rings. The molecule has 2 aromatic heterocycles. The van der Waals surface area contributed by atoms with Gasteiger partial charge in [0.15, 0.2) is 11.5 Å². The maximum atomic E-state index is 9.07. The van der Waals surface area contributed by atoms with E-state index in [1.165, 1.54) is 6.33 Å². The number of nitrogen functional groups attached to an aromatic ring is 1. The van der Waals surface area contributed by atoms with Crippen LogP contribution in [0.5, 0.6) is 0 Å². The third-order valence-corrected chi connectivity index (χ3v) is 3.65. The first-order valence-electron chi connectivity index (χ1n) is 6.72. The SMILES string of the molecule is CN1CCN(c2ncnc3c2c(N)nn3CCO)CC1. The van der Waals surface area contributed by atoms with Crippen molar-refractivity contribution in [2.75, 3.05) is 50.5 Å². The predicted molar refractivity (Wildman–Crippen MR) is 76.5 cm³/mol. The lowest BCUT2D eigenvalue weighted by Crippen LogP contribution is -2.44. The summed E-state index contributed by atoms with van der Waals surface area (Å²) >= 11 is 0. The number of nitrogens with zero attached hydrogens (tertiary/aromatic N) is 6. The Balaban J connectivity index is 2.03. The van der Waals surface area contributed by atoms with Gasteiger partial charge in [-0.3, -0.25) is 0 Å². The molecule has 20 heavy (non-hydrogen) atoms. The summed E-state index contributed by atoms with van der Waals surface area (Å²) < 4.78 is 1.63. The fourth-order valence-corrected chi connectivity index (χ4v) is 2.53. The average molecular weight is 277 g/mol. The fourth-order valence-electron chi connectivity index (χ4n) is 2.53. The second-order valence-corrected chi connectivity index (χ2v) is 5.02. The predicted octanol–water partition coefficient (Wildman–Crippen LogP) is -0.847. The van der Waals surface area contributed by atoms with Crippen LogP contribution in [0, 0.1) is 0 Å². The number of anilines is 2. The van der Waals surface area contributed by atoms with Gasteiger partial charge < -0.3 is 20.6 Å². The number of fused-ring (bicyclic) bond motifs is 1. The molecule has 0 unspecified atom stereocenters. The van der Waals surface area contributed by atoms with E-state index in [2.05, 4.69) is 31.9 Å². The van der Waals surface area contributed by atoms with Gasteiger partial charge >= 0.3 is 0 Å². The highest BCUT2D eigenvalue weighted by molar-refractivity contribution is 5.96. The quantitative estimate of drug-likeness (QED) is 0.754. The molecule has 0 aliphatic carbocycles. The molecule has 0 spiro atoms. The zero-order valence-corrected chi connectivity index (χ0v) is 11.5. The lowest BCUT2D eigenvalue weighted by molar-refractivity contribution is 0.271. The maximum Gasteiger partial charge on any atom is 0.165 e. The van der Waals surface area contributed by atoms with Crippen LogP contribution in [0.15, 0.2) is 6.33 Å². The molecule has 1 saturated heterocycles. The Labute approximate surface area is 116 Å². The largest absolute Gasteiger partial charge is 0.394 e. The number of nitrogens with two attached hydrogens (primary N) is 1. The highest BCUT2D eigenvalue weighted by Crippen LogP contribution is 2.28. The lowest BCUT2D eigenvalue weighted by Gasteiger charge is -2.33. The van der Waals surface area contributed by atoms with Crippen molar-refractivity contribution in [1.29, 1.82) is 0 Å². The molecule has 0 radical (unpaired) electrons. The van der Waals surface area contributed by atoms with Crippen molar-refractivity contribution in [3.8, 4) is 0 Å². The van der Waals surface area contributed by atoms with Crippen molar-refractivity contribution in [2.45, 2.75) is 6.54 Å². The van der Waals surface area contributed by atoms with Crippen LogP contribution in [-0.2, 0) is 6.54 Å². The van der Waals surface area contributed by atoms with Gasteiger partial charge in [-0.25, -0.2) is 14.6 Å². The van der Waals surface area contributed by atoms with E-state index in [-0.39, 0.29) is 6.61 Å². The zero-order chi connectivity index (χ0) is 14.1. The molecule has 0 aromatic carbocycles. The monoisotopic (exact) mass is 277 g/mol. The summed E-state index contributed by atoms with van der Waals surface area (Å²) in [5.41, 5.74) is 6.69. The van der Waals surface area contributed by atoms with Crippen molar-refractivity contribution in [1.82, 2.24) is 24.6 Å². The topological polar surface area (TPSA) is 96.3 Å². The highest BCUT2D eigenvalue weighted by atomic mass is 16.3. The molecule has 1 aliphatic heterocycles. The van der Waals surface area contributed by atoms with E-state index in [1.54, 1.807) is 4.68 Å². The van der Waals surface area contributed by atoms with E-state index < -0.39 is 0 Å². The lowest BCUT2D eigenvalue weighted by atomic mass is 10.3. The van der Waals surface area contributed by atoms with Crippen LogP contribution < -0.4 is 10.6 Å². The van der Waals surface area contributed by atoms with Crippen molar-refractivity contribution >= 4 is 22.7 Å². The summed E-state index contributed by atoms with van der Waals surface area (Å²) in [4.78, 5) is 13.1. The summed E-state index contributed by atoms with van der Waals surface area (Å²) in [6.07, 6.45) is 1.53. The van der Waals surface area contributed by atoms with Gasteiger partial charge in [-0.15, -0.1) is 0 Å². The Kier molecular flexibility index (Phi) is 3.41. The number of aliphatic hydroxyl groups excluding tert-OH is 1. The van der Waals surface area contributed by atoms with Gasteiger partial charge in [0, 0.05) is 26.2 Å². The number of aliphatic hydroxyl groups is 1. The van der Waals surface area contributed by atoms with Crippen LogP contribution in [0.2, 0.25) is 0 Å². The van der Waals surface area contributed by atoms with E-state index in [1.807, 2.05) is 0 Å². The second-order valence-electron chi connectivity index (χ2n) is 5.02. The van der Waals surface area contributed by atoms with Gasteiger partial charge in [-0.1, -0.05) is 0 Å². The molecule has 108 valence electrons. The molecule has 0 bridgehead atoms. The first kappa shape index (κ1) is 13.1. The van der Waals surface area contributed by atoms with Crippen LogP contribution >= 0.6 is 0 Å². The third kappa shape index (κ3) is 2.16. The number of aromatic nitrogens is 4. The summed E-state index contributed by atoms with van der Waals surface area (Å²) in [5.74, 6) is 1.26. The molecule has 1 aliphatic rings. The van der Waals surface area contributed by atoms with Gasteiger partial charge in [0.25, 0.3) is 0 Å². The average Bonchev–Trinajstić information content (AvgIpc) is 2.77. The maximum absolute atomic E-state index is 9.07.